The van der Waals surface area contributed by atoms with Crippen LogP contribution in [0.2, 0.25) is 0 Å². The lowest BCUT2D eigenvalue weighted by Gasteiger charge is -2.07. The molecule has 1 aromatic heterocycles. The monoisotopic (exact) mass is 253 g/mol. The normalized spacial score (nSPS) is 14.2. The summed E-state index contributed by atoms with van der Waals surface area (Å²) in [7, 11) is 0. The summed E-state index contributed by atoms with van der Waals surface area (Å²) in [5.41, 5.74) is 2.05. The quantitative estimate of drug-likeness (QED) is 0.915. The standard InChI is InChI=1S/C15H15N3O/c1-10-13(9-16-14(17-10)11-7-8-11)15(19)18-12-5-3-2-4-6-12/h2-6,9,11H,7-8H2,1H3,(H,18,19). The van der Waals surface area contributed by atoms with Crippen LogP contribution in [0.15, 0.2) is 36.5 Å². The van der Waals surface area contributed by atoms with Gasteiger partial charge in [0, 0.05) is 17.8 Å². The van der Waals surface area contributed by atoms with Crippen LogP contribution < -0.4 is 5.32 Å². The third kappa shape index (κ3) is 2.62. The van der Waals surface area contributed by atoms with Crippen molar-refractivity contribution >= 4 is 11.6 Å². The van der Waals surface area contributed by atoms with Crippen molar-refractivity contribution < 1.29 is 4.79 Å². The van der Waals surface area contributed by atoms with Gasteiger partial charge in [-0.1, -0.05) is 18.2 Å². The van der Waals surface area contributed by atoms with Gasteiger partial charge in [0.25, 0.3) is 5.91 Å². The van der Waals surface area contributed by atoms with Crippen LogP contribution in [0.1, 0.15) is 40.6 Å². The number of amides is 1. The minimum Gasteiger partial charge on any atom is -0.322 e. The number of benzene rings is 1. The Morgan fingerprint density at radius 2 is 2.00 bits per heavy atom. The summed E-state index contributed by atoms with van der Waals surface area (Å²) in [6.45, 7) is 1.85. The number of nitrogens with zero attached hydrogens (tertiary/aromatic N) is 2. The smallest absolute Gasteiger partial charge is 0.259 e. The zero-order valence-electron chi connectivity index (χ0n) is 10.8. The maximum Gasteiger partial charge on any atom is 0.259 e. The highest BCUT2D eigenvalue weighted by Crippen LogP contribution is 2.37. The van der Waals surface area contributed by atoms with Crippen molar-refractivity contribution in [1.82, 2.24) is 9.97 Å². The van der Waals surface area contributed by atoms with Gasteiger partial charge in [0.1, 0.15) is 5.82 Å². The third-order valence-corrected chi connectivity index (χ3v) is 3.22. The number of aryl methyl sites for hydroxylation is 1. The van der Waals surface area contributed by atoms with Gasteiger partial charge in [-0.05, 0) is 31.9 Å². The van der Waals surface area contributed by atoms with E-state index >= 15 is 0 Å². The lowest BCUT2D eigenvalue weighted by atomic mass is 10.2. The average molecular weight is 253 g/mol. The summed E-state index contributed by atoms with van der Waals surface area (Å²) in [6, 6.07) is 9.39. The molecule has 0 saturated heterocycles. The molecule has 0 atom stereocenters. The number of hydrogen-bond acceptors (Lipinski definition) is 3. The summed E-state index contributed by atoms with van der Waals surface area (Å²) in [4.78, 5) is 20.9. The summed E-state index contributed by atoms with van der Waals surface area (Å²) in [5.74, 6) is 1.21. The topological polar surface area (TPSA) is 54.9 Å². The average Bonchev–Trinajstić information content (AvgIpc) is 3.24. The van der Waals surface area contributed by atoms with E-state index in [1.165, 1.54) is 0 Å². The first kappa shape index (κ1) is 11.8. The summed E-state index contributed by atoms with van der Waals surface area (Å²) in [6.07, 6.45) is 3.96. The number of carbonyl (C=O) groups is 1. The highest BCUT2D eigenvalue weighted by molar-refractivity contribution is 6.04. The number of nitrogens with one attached hydrogen (secondary N) is 1. The summed E-state index contributed by atoms with van der Waals surface area (Å²) < 4.78 is 0. The number of hydrogen-bond donors (Lipinski definition) is 1. The molecular weight excluding hydrogens is 238 g/mol. The zero-order valence-corrected chi connectivity index (χ0v) is 10.8. The molecule has 1 N–H and O–H groups in total. The Bertz CT molecular complexity index is 606. The van der Waals surface area contributed by atoms with Gasteiger partial charge < -0.3 is 5.32 Å². The first-order chi connectivity index (χ1) is 9.24. The number of anilines is 1. The molecule has 1 saturated carbocycles. The van der Waals surface area contributed by atoms with E-state index in [4.69, 9.17) is 0 Å². The van der Waals surface area contributed by atoms with Gasteiger partial charge in [-0.25, -0.2) is 9.97 Å². The molecule has 4 heteroatoms. The molecule has 96 valence electrons. The van der Waals surface area contributed by atoms with Crippen molar-refractivity contribution in [3.8, 4) is 0 Å². The maximum atomic E-state index is 12.1. The van der Waals surface area contributed by atoms with Crippen LogP contribution in [-0.2, 0) is 0 Å². The zero-order chi connectivity index (χ0) is 13.2. The van der Waals surface area contributed by atoms with Crippen LogP contribution in [0.3, 0.4) is 0 Å². The van der Waals surface area contributed by atoms with Crippen LogP contribution in [0.25, 0.3) is 0 Å². The van der Waals surface area contributed by atoms with E-state index in [-0.39, 0.29) is 5.91 Å². The second-order valence-corrected chi connectivity index (χ2v) is 4.82. The number of para-hydroxylation sites is 1. The van der Waals surface area contributed by atoms with Crippen LogP contribution in [0.4, 0.5) is 5.69 Å². The van der Waals surface area contributed by atoms with E-state index in [1.807, 2.05) is 37.3 Å². The molecule has 4 nitrogen and oxygen atoms in total. The first-order valence-electron chi connectivity index (χ1n) is 6.44. The molecule has 1 aliphatic rings. The highest BCUT2D eigenvalue weighted by atomic mass is 16.1. The van der Waals surface area contributed by atoms with E-state index in [1.54, 1.807) is 6.20 Å². The second kappa shape index (κ2) is 4.80. The molecule has 1 fully saturated rings. The molecular formula is C15H15N3O. The Labute approximate surface area is 111 Å². The predicted molar refractivity (Wildman–Crippen MR) is 73.1 cm³/mol. The number of aromatic nitrogens is 2. The molecule has 0 bridgehead atoms. The van der Waals surface area contributed by atoms with Gasteiger partial charge >= 0.3 is 0 Å². The SMILES string of the molecule is Cc1nc(C2CC2)ncc1C(=O)Nc1ccccc1. The molecule has 0 aliphatic heterocycles. The summed E-state index contributed by atoms with van der Waals surface area (Å²) >= 11 is 0. The van der Waals surface area contributed by atoms with E-state index < -0.39 is 0 Å². The van der Waals surface area contributed by atoms with Crippen molar-refractivity contribution in [2.75, 3.05) is 5.32 Å². The van der Waals surface area contributed by atoms with Gasteiger partial charge in [-0.2, -0.15) is 0 Å². The van der Waals surface area contributed by atoms with Gasteiger partial charge in [-0.3, -0.25) is 4.79 Å². The van der Waals surface area contributed by atoms with E-state index in [0.717, 1.165) is 30.0 Å². The molecule has 1 heterocycles. The van der Waals surface area contributed by atoms with Crippen molar-refractivity contribution in [2.45, 2.75) is 25.7 Å². The van der Waals surface area contributed by atoms with E-state index in [0.29, 0.717) is 11.5 Å². The molecule has 1 aromatic carbocycles. The lowest BCUT2D eigenvalue weighted by molar-refractivity contribution is 0.102. The lowest BCUT2D eigenvalue weighted by Crippen LogP contribution is -2.15. The fourth-order valence-electron chi connectivity index (χ4n) is 1.97. The van der Waals surface area contributed by atoms with Gasteiger partial charge in [-0.15, -0.1) is 0 Å². The van der Waals surface area contributed by atoms with Crippen LogP contribution in [0.5, 0.6) is 0 Å². The minimum atomic E-state index is -0.161. The Morgan fingerprint density at radius 1 is 1.26 bits per heavy atom. The fourth-order valence-corrected chi connectivity index (χ4v) is 1.97. The van der Waals surface area contributed by atoms with E-state index in [2.05, 4.69) is 15.3 Å². The Hall–Kier alpha value is -2.23. The van der Waals surface area contributed by atoms with E-state index in [9.17, 15) is 4.79 Å². The van der Waals surface area contributed by atoms with Gasteiger partial charge in [0.05, 0.1) is 11.3 Å². The first-order valence-corrected chi connectivity index (χ1v) is 6.44. The number of rotatable bonds is 3. The van der Waals surface area contributed by atoms with Gasteiger partial charge in [0.2, 0.25) is 0 Å². The molecule has 2 aromatic rings. The van der Waals surface area contributed by atoms with Crippen molar-refractivity contribution in [2.24, 2.45) is 0 Å². The van der Waals surface area contributed by atoms with Crippen LogP contribution >= 0.6 is 0 Å². The molecule has 3 rings (SSSR count). The second-order valence-electron chi connectivity index (χ2n) is 4.82. The highest BCUT2D eigenvalue weighted by Gasteiger charge is 2.27. The van der Waals surface area contributed by atoms with Crippen molar-refractivity contribution in [3.05, 3.63) is 53.6 Å². The molecule has 1 amide bonds. The Kier molecular flexibility index (Phi) is 2.99. The Balaban J connectivity index is 1.79. The predicted octanol–water partition coefficient (Wildman–Crippen LogP) is 2.91. The fraction of sp³-hybridized carbons (Fsp3) is 0.267. The van der Waals surface area contributed by atoms with Crippen LogP contribution in [-0.4, -0.2) is 15.9 Å². The summed E-state index contributed by atoms with van der Waals surface area (Å²) in [5, 5.41) is 2.84. The van der Waals surface area contributed by atoms with Gasteiger partial charge in [0.15, 0.2) is 0 Å². The maximum absolute atomic E-state index is 12.1. The minimum absolute atomic E-state index is 0.161. The molecule has 0 unspecified atom stereocenters. The molecule has 0 spiro atoms. The van der Waals surface area contributed by atoms with Crippen LogP contribution in [0, 0.1) is 6.92 Å². The number of carbonyl (C=O) groups excluding carboxylic acids is 1. The molecule has 1 aliphatic carbocycles. The molecule has 19 heavy (non-hydrogen) atoms. The Morgan fingerprint density at radius 3 is 2.63 bits per heavy atom. The molecule has 0 radical (unpaired) electrons. The largest absolute Gasteiger partial charge is 0.322 e. The van der Waals surface area contributed by atoms with Crippen molar-refractivity contribution in [1.29, 1.82) is 0 Å². The van der Waals surface area contributed by atoms with Crippen molar-refractivity contribution in [3.63, 3.8) is 0 Å². The third-order valence-electron chi connectivity index (χ3n) is 3.22.